The number of aromatic nitrogens is 1. The Hall–Kier alpha value is -4.70. The molecule has 0 aliphatic carbocycles. The molecule has 3 aromatic carbocycles. The standard InChI is InChI=1S/C30H24N2O7S/c1-15-12-19-13-18(8-11-22(19)39-15)26(33)24-25(16-4-6-17(7-5-16)29(36)38-3)32(28(35)27(24)34)30-31-21-10-9-20(37-2)14-23(21)40-30/h4-11,13-15,25,33H,12H2,1-3H3/b26-24+. The maximum Gasteiger partial charge on any atom is 0.337 e. The van der Waals surface area contributed by atoms with Gasteiger partial charge in [0.15, 0.2) is 5.13 Å². The molecule has 0 radical (unpaired) electrons. The molecule has 202 valence electrons. The molecule has 3 heterocycles. The number of benzene rings is 3. The third kappa shape index (κ3) is 4.17. The molecule has 6 rings (SSSR count). The first-order chi connectivity index (χ1) is 19.3. The zero-order chi connectivity index (χ0) is 28.1. The average Bonchev–Trinajstić information content (AvgIpc) is 3.63. The number of carbonyl (C=O) groups is 3. The monoisotopic (exact) mass is 556 g/mol. The summed E-state index contributed by atoms with van der Waals surface area (Å²) in [5, 5.41) is 11.8. The van der Waals surface area contributed by atoms with Gasteiger partial charge >= 0.3 is 11.9 Å². The number of methoxy groups -OCH3 is 2. The van der Waals surface area contributed by atoms with Gasteiger partial charge in [0.1, 0.15) is 23.4 Å². The topological polar surface area (TPSA) is 115 Å². The number of Topliss-reactive ketones (excluding diaryl/α,β-unsaturated/α-hetero) is 1. The summed E-state index contributed by atoms with van der Waals surface area (Å²) in [4.78, 5) is 45.1. The van der Waals surface area contributed by atoms with Gasteiger partial charge in [-0.25, -0.2) is 9.78 Å². The Bertz CT molecular complexity index is 1720. The summed E-state index contributed by atoms with van der Waals surface area (Å²) in [7, 11) is 2.85. The van der Waals surface area contributed by atoms with Crippen molar-refractivity contribution < 1.29 is 33.7 Å². The number of hydrogen-bond donors (Lipinski definition) is 1. The second kappa shape index (κ2) is 9.80. The lowest BCUT2D eigenvalue weighted by molar-refractivity contribution is -0.132. The predicted octanol–water partition coefficient (Wildman–Crippen LogP) is 5.04. The quantitative estimate of drug-likeness (QED) is 0.157. The second-order valence-corrected chi connectivity index (χ2v) is 10.6. The van der Waals surface area contributed by atoms with Crippen LogP contribution in [0.15, 0.2) is 66.2 Å². The highest BCUT2D eigenvalue weighted by Gasteiger charge is 2.48. The molecule has 2 aliphatic rings. The number of aliphatic hydroxyl groups is 1. The molecule has 4 aromatic rings. The van der Waals surface area contributed by atoms with Gasteiger partial charge in [-0.05, 0) is 66.6 Å². The van der Waals surface area contributed by atoms with E-state index in [1.54, 1.807) is 67.8 Å². The number of hydrogen-bond acceptors (Lipinski definition) is 9. The maximum absolute atomic E-state index is 13.6. The number of fused-ring (bicyclic) bond motifs is 2. The lowest BCUT2D eigenvalue weighted by Gasteiger charge is -2.23. The summed E-state index contributed by atoms with van der Waals surface area (Å²) >= 11 is 1.23. The van der Waals surface area contributed by atoms with Crippen molar-refractivity contribution >= 4 is 50.1 Å². The Morgan fingerprint density at radius 1 is 1.05 bits per heavy atom. The van der Waals surface area contributed by atoms with Gasteiger partial charge in [-0.1, -0.05) is 23.5 Å². The number of aliphatic hydroxyl groups excluding tert-OH is 1. The summed E-state index contributed by atoms with van der Waals surface area (Å²) in [6.07, 6.45) is 0.669. The van der Waals surface area contributed by atoms with Crippen molar-refractivity contribution in [3.05, 3.63) is 88.5 Å². The number of nitrogens with zero attached hydrogens (tertiary/aromatic N) is 2. The Balaban J connectivity index is 1.52. The number of rotatable bonds is 5. The van der Waals surface area contributed by atoms with E-state index in [1.807, 2.05) is 6.92 Å². The summed E-state index contributed by atoms with van der Waals surface area (Å²) in [6, 6.07) is 15.9. The van der Waals surface area contributed by atoms with Crippen molar-refractivity contribution in [3.63, 3.8) is 0 Å². The zero-order valence-electron chi connectivity index (χ0n) is 21.8. The minimum Gasteiger partial charge on any atom is -0.507 e. The van der Waals surface area contributed by atoms with Crippen molar-refractivity contribution in [3.8, 4) is 11.5 Å². The first-order valence-electron chi connectivity index (χ1n) is 12.5. The Kier molecular flexibility index (Phi) is 6.26. The molecule has 1 saturated heterocycles. The van der Waals surface area contributed by atoms with Crippen molar-refractivity contribution in [2.75, 3.05) is 19.1 Å². The van der Waals surface area contributed by atoms with Gasteiger partial charge in [-0.15, -0.1) is 0 Å². The van der Waals surface area contributed by atoms with E-state index in [0.29, 0.717) is 39.5 Å². The summed E-state index contributed by atoms with van der Waals surface area (Å²) < 4.78 is 16.7. The van der Waals surface area contributed by atoms with E-state index in [4.69, 9.17) is 14.2 Å². The smallest absolute Gasteiger partial charge is 0.337 e. The molecule has 0 bridgehead atoms. The van der Waals surface area contributed by atoms with Crippen LogP contribution in [0.5, 0.6) is 11.5 Å². The second-order valence-electron chi connectivity index (χ2n) is 9.57. The third-order valence-corrected chi connectivity index (χ3v) is 8.07. The maximum atomic E-state index is 13.6. The largest absolute Gasteiger partial charge is 0.507 e. The van der Waals surface area contributed by atoms with E-state index in [1.165, 1.54) is 23.3 Å². The molecule has 1 aromatic heterocycles. The lowest BCUT2D eigenvalue weighted by atomic mass is 9.94. The predicted molar refractivity (Wildman–Crippen MR) is 149 cm³/mol. The minimum atomic E-state index is -0.988. The molecular weight excluding hydrogens is 532 g/mol. The van der Waals surface area contributed by atoms with Crippen LogP contribution in [0.25, 0.3) is 16.0 Å². The molecule has 2 unspecified atom stereocenters. The van der Waals surface area contributed by atoms with Crippen LogP contribution < -0.4 is 14.4 Å². The van der Waals surface area contributed by atoms with Gasteiger partial charge in [0.05, 0.1) is 41.6 Å². The van der Waals surface area contributed by atoms with Gasteiger partial charge < -0.3 is 19.3 Å². The van der Waals surface area contributed by atoms with Crippen LogP contribution in [0.2, 0.25) is 0 Å². The molecule has 10 heteroatoms. The van der Waals surface area contributed by atoms with E-state index >= 15 is 0 Å². The molecule has 1 amide bonds. The highest BCUT2D eigenvalue weighted by Crippen LogP contribution is 2.45. The minimum absolute atomic E-state index is 0.00367. The average molecular weight is 557 g/mol. The van der Waals surface area contributed by atoms with Crippen LogP contribution in [0.4, 0.5) is 5.13 Å². The zero-order valence-corrected chi connectivity index (χ0v) is 22.7. The van der Waals surface area contributed by atoms with Crippen LogP contribution in [-0.4, -0.2) is 48.1 Å². The summed E-state index contributed by atoms with van der Waals surface area (Å²) in [5.74, 6) is -1.10. The van der Waals surface area contributed by atoms with Crippen LogP contribution >= 0.6 is 11.3 Å². The Morgan fingerprint density at radius 3 is 2.52 bits per heavy atom. The van der Waals surface area contributed by atoms with E-state index in [0.717, 1.165) is 16.0 Å². The van der Waals surface area contributed by atoms with Crippen LogP contribution in [-0.2, 0) is 20.7 Å². The number of ketones is 1. The van der Waals surface area contributed by atoms with Gasteiger partial charge in [-0.3, -0.25) is 14.5 Å². The number of amides is 1. The normalized spacial score (nSPS) is 19.5. The molecule has 2 atom stereocenters. The SMILES string of the molecule is COC(=O)c1ccc(C2/C(=C(\O)c3ccc4c(c3)CC(C)O4)C(=O)C(=O)N2c2nc3ccc(OC)cc3s2)cc1. The summed E-state index contributed by atoms with van der Waals surface area (Å²) in [5.41, 5.74) is 2.70. The molecule has 1 fully saturated rings. The molecule has 1 N–H and O–H groups in total. The Morgan fingerprint density at radius 2 is 1.80 bits per heavy atom. The number of esters is 1. The van der Waals surface area contributed by atoms with Crippen LogP contribution in [0, 0.1) is 0 Å². The summed E-state index contributed by atoms with van der Waals surface area (Å²) in [6.45, 7) is 1.96. The van der Waals surface area contributed by atoms with E-state index < -0.39 is 23.7 Å². The molecule has 9 nitrogen and oxygen atoms in total. The number of thiazole rings is 1. The van der Waals surface area contributed by atoms with Crippen molar-refractivity contribution in [2.24, 2.45) is 0 Å². The van der Waals surface area contributed by atoms with Crippen molar-refractivity contribution in [2.45, 2.75) is 25.5 Å². The van der Waals surface area contributed by atoms with Gasteiger partial charge in [-0.2, -0.15) is 0 Å². The number of carbonyl (C=O) groups excluding carboxylic acids is 3. The Labute approximate surface area is 233 Å². The fourth-order valence-corrected chi connectivity index (χ4v) is 6.13. The van der Waals surface area contributed by atoms with E-state index in [9.17, 15) is 19.5 Å². The molecule has 0 spiro atoms. The fraction of sp³-hybridized carbons (Fsp3) is 0.200. The van der Waals surface area contributed by atoms with Crippen LogP contribution in [0.1, 0.15) is 40.0 Å². The van der Waals surface area contributed by atoms with Gasteiger partial charge in [0.2, 0.25) is 0 Å². The number of ether oxygens (including phenoxy) is 3. The van der Waals surface area contributed by atoms with E-state index in [2.05, 4.69) is 4.98 Å². The molecule has 0 saturated carbocycles. The first-order valence-corrected chi connectivity index (χ1v) is 13.3. The number of anilines is 1. The highest BCUT2D eigenvalue weighted by molar-refractivity contribution is 7.22. The highest BCUT2D eigenvalue weighted by atomic mass is 32.1. The molecular formula is C30H24N2O7S. The first kappa shape index (κ1) is 25.6. The van der Waals surface area contributed by atoms with E-state index in [-0.39, 0.29) is 17.4 Å². The van der Waals surface area contributed by atoms with Crippen molar-refractivity contribution in [1.29, 1.82) is 0 Å². The lowest BCUT2D eigenvalue weighted by Crippen LogP contribution is -2.29. The fourth-order valence-electron chi connectivity index (χ4n) is 5.11. The molecule has 40 heavy (non-hydrogen) atoms. The van der Waals surface area contributed by atoms with Gasteiger partial charge in [0.25, 0.3) is 5.78 Å². The van der Waals surface area contributed by atoms with Crippen LogP contribution in [0.3, 0.4) is 0 Å². The van der Waals surface area contributed by atoms with Crippen molar-refractivity contribution in [1.82, 2.24) is 4.98 Å². The molecule has 2 aliphatic heterocycles. The van der Waals surface area contributed by atoms with Gasteiger partial charge in [0, 0.05) is 12.0 Å². The third-order valence-electron chi connectivity index (χ3n) is 7.05.